The van der Waals surface area contributed by atoms with Gasteiger partial charge in [0, 0.05) is 24.0 Å². The summed E-state index contributed by atoms with van der Waals surface area (Å²) < 4.78 is 2.76. The molecule has 2 aromatic heterocycles. The fraction of sp³-hybridized carbons (Fsp3) is 0.150. The average Bonchev–Trinajstić information content (AvgIpc) is 3.31. The van der Waals surface area contributed by atoms with Crippen molar-refractivity contribution >= 4 is 49.2 Å². The number of aromatic nitrogens is 2. The zero-order valence-electron chi connectivity index (χ0n) is 14.4. The van der Waals surface area contributed by atoms with Gasteiger partial charge < -0.3 is 10.6 Å². The molecule has 2 aromatic carbocycles. The van der Waals surface area contributed by atoms with Gasteiger partial charge in [-0.3, -0.25) is 14.2 Å². The van der Waals surface area contributed by atoms with E-state index in [1.807, 2.05) is 48.5 Å². The normalized spacial score (nSPS) is 12.9. The Balaban J connectivity index is 1.52. The molecule has 0 spiro atoms. The number of para-hydroxylation sites is 1. The molecule has 0 radical (unpaired) electrons. The second kappa shape index (κ2) is 6.21. The smallest absolute Gasteiger partial charge is 0.260 e. The number of nitrogens with one attached hydrogen (secondary N) is 2. The Morgan fingerprint density at radius 3 is 2.78 bits per heavy atom. The maximum absolute atomic E-state index is 12.7. The zero-order valence-corrected chi connectivity index (χ0v) is 15.2. The molecule has 3 heterocycles. The standard InChI is InChI=1S/C20H16N4O2S/c25-17(23-20-22-15-7-3-4-8-16(15)27-20)11-14-12-5-1-2-6-13(12)19(26)24-10-9-21-18(14)24/h1-8,21H,9-11H2,(H,22,23,25). The van der Waals surface area contributed by atoms with E-state index in [0.29, 0.717) is 23.6 Å². The van der Waals surface area contributed by atoms with Crippen molar-refractivity contribution in [3.05, 3.63) is 64.4 Å². The highest BCUT2D eigenvalue weighted by Crippen LogP contribution is 2.28. The van der Waals surface area contributed by atoms with E-state index in [4.69, 9.17) is 0 Å². The molecule has 1 amide bonds. The van der Waals surface area contributed by atoms with E-state index in [0.717, 1.165) is 27.0 Å². The van der Waals surface area contributed by atoms with Crippen LogP contribution < -0.4 is 16.2 Å². The number of carbonyl (C=O) groups excluding carboxylic acids is 1. The van der Waals surface area contributed by atoms with Crippen molar-refractivity contribution < 1.29 is 4.79 Å². The molecule has 0 saturated carbocycles. The van der Waals surface area contributed by atoms with Gasteiger partial charge in [0.1, 0.15) is 5.82 Å². The third kappa shape index (κ3) is 2.67. The van der Waals surface area contributed by atoms with Gasteiger partial charge in [-0.1, -0.05) is 41.7 Å². The van der Waals surface area contributed by atoms with Gasteiger partial charge in [0.05, 0.1) is 16.6 Å². The number of hydrogen-bond acceptors (Lipinski definition) is 5. The minimum absolute atomic E-state index is 0.0130. The Hall–Kier alpha value is -3.19. The van der Waals surface area contributed by atoms with Gasteiger partial charge in [0.2, 0.25) is 5.91 Å². The monoisotopic (exact) mass is 376 g/mol. The predicted molar refractivity (Wildman–Crippen MR) is 109 cm³/mol. The second-order valence-corrected chi connectivity index (χ2v) is 7.50. The van der Waals surface area contributed by atoms with E-state index in [-0.39, 0.29) is 17.9 Å². The molecule has 0 aliphatic carbocycles. The number of amides is 1. The molecule has 0 saturated heterocycles. The van der Waals surface area contributed by atoms with Crippen LogP contribution in [0.4, 0.5) is 10.9 Å². The molecule has 4 aromatic rings. The molecule has 0 unspecified atom stereocenters. The number of benzene rings is 2. The SMILES string of the molecule is O=C(Cc1c2n(c(=O)c3ccccc13)CCN2)Nc1nc2ccccc2s1. The van der Waals surface area contributed by atoms with Gasteiger partial charge in [0.25, 0.3) is 5.56 Å². The highest BCUT2D eigenvalue weighted by atomic mass is 32.1. The summed E-state index contributed by atoms with van der Waals surface area (Å²) in [5.41, 5.74) is 1.71. The van der Waals surface area contributed by atoms with E-state index in [9.17, 15) is 9.59 Å². The summed E-state index contributed by atoms with van der Waals surface area (Å²) in [5, 5.41) is 8.22. The lowest BCUT2D eigenvalue weighted by atomic mass is 10.0. The summed E-state index contributed by atoms with van der Waals surface area (Å²) >= 11 is 1.45. The fourth-order valence-electron chi connectivity index (χ4n) is 3.60. The van der Waals surface area contributed by atoms with Crippen molar-refractivity contribution in [3.63, 3.8) is 0 Å². The van der Waals surface area contributed by atoms with Crippen molar-refractivity contribution in [1.29, 1.82) is 0 Å². The molecule has 0 atom stereocenters. The van der Waals surface area contributed by atoms with Crippen LogP contribution in [0.3, 0.4) is 0 Å². The minimum Gasteiger partial charge on any atom is -0.369 e. The molecule has 0 fully saturated rings. The first kappa shape index (κ1) is 16.0. The molecule has 2 N–H and O–H groups in total. The quantitative estimate of drug-likeness (QED) is 0.576. The van der Waals surface area contributed by atoms with Crippen LogP contribution in [0.25, 0.3) is 21.0 Å². The fourth-order valence-corrected chi connectivity index (χ4v) is 4.48. The first-order valence-corrected chi connectivity index (χ1v) is 9.56. The Morgan fingerprint density at radius 2 is 1.93 bits per heavy atom. The molecule has 27 heavy (non-hydrogen) atoms. The Kier molecular flexibility index (Phi) is 3.68. The van der Waals surface area contributed by atoms with Gasteiger partial charge in [0.15, 0.2) is 5.13 Å². The van der Waals surface area contributed by atoms with E-state index in [1.54, 1.807) is 4.57 Å². The molecular weight excluding hydrogens is 360 g/mol. The lowest BCUT2D eigenvalue weighted by molar-refractivity contribution is -0.115. The van der Waals surface area contributed by atoms with Crippen LogP contribution in [-0.4, -0.2) is 22.0 Å². The molecule has 6 nitrogen and oxygen atoms in total. The number of nitrogens with zero attached hydrogens (tertiary/aromatic N) is 2. The minimum atomic E-state index is -0.144. The summed E-state index contributed by atoms with van der Waals surface area (Å²) in [6.07, 6.45) is 0.180. The number of thiazole rings is 1. The highest BCUT2D eigenvalue weighted by molar-refractivity contribution is 7.22. The topological polar surface area (TPSA) is 76.0 Å². The van der Waals surface area contributed by atoms with Gasteiger partial charge in [-0.15, -0.1) is 0 Å². The second-order valence-electron chi connectivity index (χ2n) is 6.47. The van der Waals surface area contributed by atoms with Crippen molar-refractivity contribution in [3.8, 4) is 0 Å². The number of hydrogen-bond donors (Lipinski definition) is 2. The third-order valence-electron chi connectivity index (χ3n) is 4.79. The lowest BCUT2D eigenvalue weighted by Gasteiger charge is -2.13. The first-order chi connectivity index (χ1) is 13.2. The molecule has 5 rings (SSSR count). The Morgan fingerprint density at radius 1 is 1.15 bits per heavy atom. The number of rotatable bonds is 3. The third-order valence-corrected chi connectivity index (χ3v) is 5.74. The summed E-state index contributed by atoms with van der Waals surface area (Å²) in [4.78, 5) is 29.8. The maximum atomic E-state index is 12.7. The molecule has 7 heteroatoms. The van der Waals surface area contributed by atoms with Crippen LogP contribution in [0.2, 0.25) is 0 Å². The number of fused-ring (bicyclic) bond motifs is 3. The van der Waals surface area contributed by atoms with Crippen LogP contribution in [0, 0.1) is 0 Å². The van der Waals surface area contributed by atoms with Crippen molar-refractivity contribution in [2.24, 2.45) is 0 Å². The highest BCUT2D eigenvalue weighted by Gasteiger charge is 2.22. The van der Waals surface area contributed by atoms with Crippen LogP contribution in [0.15, 0.2) is 53.3 Å². The van der Waals surface area contributed by atoms with Crippen molar-refractivity contribution in [1.82, 2.24) is 9.55 Å². The molecule has 0 bridgehead atoms. The van der Waals surface area contributed by atoms with E-state index >= 15 is 0 Å². The van der Waals surface area contributed by atoms with Crippen LogP contribution in [0.1, 0.15) is 5.56 Å². The first-order valence-electron chi connectivity index (χ1n) is 8.74. The summed E-state index contributed by atoms with van der Waals surface area (Å²) in [6.45, 7) is 1.31. The van der Waals surface area contributed by atoms with E-state index in [1.165, 1.54) is 11.3 Å². The lowest BCUT2D eigenvalue weighted by Crippen LogP contribution is -2.22. The van der Waals surface area contributed by atoms with Gasteiger partial charge in [-0.25, -0.2) is 4.98 Å². The largest absolute Gasteiger partial charge is 0.369 e. The summed E-state index contributed by atoms with van der Waals surface area (Å²) in [5.74, 6) is 0.604. The summed E-state index contributed by atoms with van der Waals surface area (Å²) in [6, 6.07) is 15.3. The molecule has 134 valence electrons. The molecule has 1 aliphatic rings. The molecular formula is C20H16N4O2S. The van der Waals surface area contributed by atoms with Gasteiger partial charge in [-0.2, -0.15) is 0 Å². The van der Waals surface area contributed by atoms with Crippen LogP contribution in [0.5, 0.6) is 0 Å². The maximum Gasteiger partial charge on any atom is 0.260 e. The number of carbonyl (C=O) groups is 1. The summed E-state index contributed by atoms with van der Waals surface area (Å²) in [7, 11) is 0. The average molecular weight is 376 g/mol. The van der Waals surface area contributed by atoms with E-state index in [2.05, 4.69) is 15.6 Å². The Labute approximate surface area is 158 Å². The van der Waals surface area contributed by atoms with Crippen LogP contribution in [-0.2, 0) is 17.8 Å². The van der Waals surface area contributed by atoms with Gasteiger partial charge >= 0.3 is 0 Å². The van der Waals surface area contributed by atoms with Gasteiger partial charge in [-0.05, 0) is 23.6 Å². The Bertz CT molecular complexity index is 1230. The van der Waals surface area contributed by atoms with Crippen molar-refractivity contribution in [2.45, 2.75) is 13.0 Å². The van der Waals surface area contributed by atoms with E-state index < -0.39 is 0 Å². The number of pyridine rings is 1. The number of anilines is 2. The molecule has 1 aliphatic heterocycles. The predicted octanol–water partition coefficient (Wildman–Crippen LogP) is 3.22. The van der Waals surface area contributed by atoms with Crippen LogP contribution >= 0.6 is 11.3 Å². The zero-order chi connectivity index (χ0) is 18.4. The van der Waals surface area contributed by atoms with Crippen molar-refractivity contribution in [2.75, 3.05) is 17.2 Å².